The predicted molar refractivity (Wildman–Crippen MR) is 124 cm³/mol. The number of carbonyl (C=O) groups excluding carboxylic acids is 1. The molecule has 3 aliphatic heterocycles. The number of nitrogens with zero attached hydrogens (tertiary/aromatic N) is 2. The maximum atomic E-state index is 12.8. The van der Waals surface area contributed by atoms with E-state index in [9.17, 15) is 18.5 Å². The van der Waals surface area contributed by atoms with Crippen molar-refractivity contribution in [3.63, 3.8) is 0 Å². The first kappa shape index (κ1) is 24.0. The van der Waals surface area contributed by atoms with E-state index in [-0.39, 0.29) is 40.9 Å². The van der Waals surface area contributed by atoms with E-state index in [0.717, 1.165) is 19.3 Å². The van der Waals surface area contributed by atoms with Crippen LogP contribution in [-0.4, -0.2) is 62.1 Å². The molecule has 3 saturated heterocycles. The third kappa shape index (κ3) is 4.60. The largest absolute Gasteiger partial charge is 0.380 e. The van der Waals surface area contributed by atoms with Crippen molar-refractivity contribution in [3.05, 3.63) is 24.3 Å². The first-order valence-electron chi connectivity index (χ1n) is 11.5. The second-order valence-corrected chi connectivity index (χ2v) is 12.7. The molecule has 3 aliphatic rings. The lowest BCUT2D eigenvalue weighted by Crippen LogP contribution is -2.54. The van der Waals surface area contributed by atoms with Gasteiger partial charge in [-0.3, -0.25) is 4.79 Å². The number of carbonyl (C=O) groups is 1. The fourth-order valence-corrected chi connectivity index (χ4v) is 6.11. The fraction of sp³-hybridized carbons (Fsp3) is 0.652. The molecule has 0 aliphatic carbocycles. The normalized spacial score (nSPS) is 31.2. The molecule has 180 valence electrons. The van der Waals surface area contributed by atoms with Crippen molar-refractivity contribution >= 4 is 21.4 Å². The molecule has 3 unspecified atom stereocenters. The molecule has 3 heterocycles. The number of nitriles is 1. The van der Waals surface area contributed by atoms with Crippen molar-refractivity contribution in [1.29, 1.82) is 5.26 Å². The van der Waals surface area contributed by atoms with Crippen LogP contribution in [0.2, 0.25) is 0 Å². The Morgan fingerprint density at radius 2 is 1.91 bits per heavy atom. The molecule has 0 saturated carbocycles. The maximum absolute atomic E-state index is 12.8. The summed E-state index contributed by atoms with van der Waals surface area (Å²) < 4.78 is 30.3. The Labute approximate surface area is 195 Å². The zero-order chi connectivity index (χ0) is 23.8. The third-order valence-electron chi connectivity index (χ3n) is 6.83. The Hall–Kier alpha value is -2.19. The predicted octanol–water partition coefficient (Wildman–Crippen LogP) is 1.64. The van der Waals surface area contributed by atoms with Crippen LogP contribution in [0.1, 0.15) is 40.0 Å². The monoisotopic (exact) mass is 475 g/mol. The molecule has 1 aromatic rings. The van der Waals surface area contributed by atoms with Gasteiger partial charge >= 0.3 is 0 Å². The lowest BCUT2D eigenvalue weighted by atomic mass is 9.89. The van der Waals surface area contributed by atoms with Gasteiger partial charge in [-0.1, -0.05) is 0 Å². The topological polar surface area (TPSA) is 124 Å². The van der Waals surface area contributed by atoms with E-state index in [1.807, 2.05) is 0 Å². The number of fused-ring (bicyclic) bond motifs is 1. The fourth-order valence-electron chi connectivity index (χ4n) is 4.91. The van der Waals surface area contributed by atoms with Crippen LogP contribution in [0.5, 0.6) is 0 Å². The summed E-state index contributed by atoms with van der Waals surface area (Å²) in [4.78, 5) is 13.1. The van der Waals surface area contributed by atoms with E-state index >= 15 is 0 Å². The Balaban J connectivity index is 1.56. The number of benzene rings is 1. The lowest BCUT2D eigenvalue weighted by Gasteiger charge is -2.36. The molecule has 3 fully saturated rings. The van der Waals surface area contributed by atoms with Crippen molar-refractivity contribution in [3.8, 4) is 6.07 Å². The van der Waals surface area contributed by atoms with Crippen LogP contribution in [0, 0.1) is 23.2 Å². The number of amides is 1. The van der Waals surface area contributed by atoms with Crippen LogP contribution in [-0.2, 0) is 19.4 Å². The Morgan fingerprint density at radius 1 is 1.18 bits per heavy atom. The molecule has 33 heavy (non-hydrogen) atoms. The van der Waals surface area contributed by atoms with Gasteiger partial charge in [-0.15, -0.1) is 0 Å². The molecule has 0 spiro atoms. The molecule has 0 aromatic heterocycles. The summed E-state index contributed by atoms with van der Waals surface area (Å²) in [5.74, 6) is -0.556. The van der Waals surface area contributed by atoms with Gasteiger partial charge in [0.1, 0.15) is 6.17 Å². The molecule has 9 nitrogen and oxygen atoms in total. The van der Waals surface area contributed by atoms with E-state index in [1.54, 1.807) is 45.0 Å². The number of ether oxygens (including phenoxy) is 1. The van der Waals surface area contributed by atoms with Gasteiger partial charge < -0.3 is 15.4 Å². The quantitative estimate of drug-likeness (QED) is 0.601. The van der Waals surface area contributed by atoms with Crippen molar-refractivity contribution in [2.24, 2.45) is 11.8 Å². The van der Waals surface area contributed by atoms with Gasteiger partial charge in [-0.2, -0.15) is 5.26 Å². The first-order chi connectivity index (χ1) is 15.6. The SMILES string of the molecule is CC(C)(C)S(=O)(=O)c1ccc(NC2NN([C@H]3COCCC[C@@H]3C#N)C3CCNC(=O)C23)cc1. The van der Waals surface area contributed by atoms with Crippen molar-refractivity contribution < 1.29 is 17.9 Å². The standard InChI is InChI=1S/C23H33N5O4S/c1-23(2,3)33(30,31)17-8-6-16(7-9-17)26-21-20-18(10-11-25-22(20)29)28(27-21)19-14-32-12-4-5-15(19)13-24/h6-9,15,18-21,26-27H,4-5,10-12,14H2,1-3H3,(H,25,29)/t15-,18?,19+,20?,21?/m1/s1. The number of sulfone groups is 1. The van der Waals surface area contributed by atoms with E-state index in [2.05, 4.69) is 27.1 Å². The number of rotatable bonds is 4. The number of hydrazine groups is 1. The molecule has 0 radical (unpaired) electrons. The first-order valence-corrected chi connectivity index (χ1v) is 13.0. The van der Waals surface area contributed by atoms with Crippen molar-refractivity contribution in [2.75, 3.05) is 25.1 Å². The number of hydrogen-bond acceptors (Lipinski definition) is 8. The third-order valence-corrected chi connectivity index (χ3v) is 9.34. The van der Waals surface area contributed by atoms with Crippen LogP contribution in [0.4, 0.5) is 5.69 Å². The zero-order valence-corrected chi connectivity index (χ0v) is 20.2. The summed E-state index contributed by atoms with van der Waals surface area (Å²) in [7, 11) is -3.44. The molecule has 3 N–H and O–H groups in total. The lowest BCUT2D eigenvalue weighted by molar-refractivity contribution is -0.128. The number of anilines is 1. The molecule has 1 amide bonds. The summed E-state index contributed by atoms with van der Waals surface area (Å²) in [6, 6.07) is 8.89. The molecule has 5 atom stereocenters. The summed E-state index contributed by atoms with van der Waals surface area (Å²) in [6.07, 6.45) is 2.01. The highest BCUT2D eigenvalue weighted by Crippen LogP contribution is 2.34. The molecule has 0 bridgehead atoms. The number of hydrogen-bond donors (Lipinski definition) is 3. The second-order valence-electron chi connectivity index (χ2n) is 9.99. The van der Waals surface area contributed by atoms with Gasteiger partial charge in [0.2, 0.25) is 5.91 Å². The van der Waals surface area contributed by atoms with Gasteiger partial charge in [-0.25, -0.2) is 18.9 Å². The molecule has 4 rings (SSSR count). The summed E-state index contributed by atoms with van der Waals surface area (Å²) in [6.45, 7) is 6.72. The Bertz CT molecular complexity index is 1010. The molecular formula is C23H33N5O4S. The Kier molecular flexibility index (Phi) is 6.69. The zero-order valence-electron chi connectivity index (χ0n) is 19.4. The number of piperidine rings is 1. The van der Waals surface area contributed by atoms with E-state index < -0.39 is 14.6 Å². The minimum atomic E-state index is -3.44. The highest BCUT2D eigenvalue weighted by atomic mass is 32.2. The summed E-state index contributed by atoms with van der Waals surface area (Å²) in [5, 5.41) is 18.1. The molecular weight excluding hydrogens is 442 g/mol. The van der Waals surface area contributed by atoms with E-state index in [1.165, 1.54) is 0 Å². The Morgan fingerprint density at radius 3 is 2.58 bits per heavy atom. The minimum Gasteiger partial charge on any atom is -0.380 e. The smallest absolute Gasteiger partial charge is 0.228 e. The average molecular weight is 476 g/mol. The summed E-state index contributed by atoms with van der Waals surface area (Å²) >= 11 is 0. The van der Waals surface area contributed by atoms with Crippen LogP contribution < -0.4 is 16.1 Å². The van der Waals surface area contributed by atoms with E-state index in [4.69, 9.17) is 4.74 Å². The van der Waals surface area contributed by atoms with Gasteiger partial charge in [-0.05, 0) is 64.3 Å². The number of nitrogens with one attached hydrogen (secondary N) is 3. The highest BCUT2D eigenvalue weighted by Gasteiger charge is 2.51. The van der Waals surface area contributed by atoms with Crippen molar-refractivity contribution in [1.82, 2.24) is 15.8 Å². The average Bonchev–Trinajstić information content (AvgIpc) is 2.97. The highest BCUT2D eigenvalue weighted by molar-refractivity contribution is 7.92. The molecule has 10 heteroatoms. The summed E-state index contributed by atoms with van der Waals surface area (Å²) in [5.41, 5.74) is 4.17. The second kappa shape index (κ2) is 9.22. The van der Waals surface area contributed by atoms with Crippen LogP contribution in [0.25, 0.3) is 0 Å². The van der Waals surface area contributed by atoms with Crippen molar-refractivity contribution in [2.45, 2.75) is 67.9 Å². The minimum absolute atomic E-state index is 0.0336. The maximum Gasteiger partial charge on any atom is 0.228 e. The van der Waals surface area contributed by atoms with Crippen LogP contribution in [0.3, 0.4) is 0 Å². The van der Waals surface area contributed by atoms with Gasteiger partial charge in [0.25, 0.3) is 0 Å². The van der Waals surface area contributed by atoms with Gasteiger partial charge in [0, 0.05) is 24.9 Å². The van der Waals surface area contributed by atoms with Gasteiger partial charge in [0.05, 0.1) is 40.2 Å². The van der Waals surface area contributed by atoms with Gasteiger partial charge in [0.15, 0.2) is 9.84 Å². The molecule has 1 aromatic carbocycles. The van der Waals surface area contributed by atoms with Crippen LogP contribution in [0.15, 0.2) is 29.2 Å². The van der Waals surface area contributed by atoms with Crippen LogP contribution >= 0.6 is 0 Å². The van der Waals surface area contributed by atoms with E-state index in [0.29, 0.717) is 25.4 Å².